The Morgan fingerprint density at radius 2 is 1.24 bits per heavy atom. The second-order valence-corrected chi connectivity index (χ2v) is 9.29. The molecule has 0 fully saturated rings. The number of primary amides is 1. The van der Waals surface area contributed by atoms with Crippen LogP contribution >= 0.6 is 0 Å². The zero-order valence-corrected chi connectivity index (χ0v) is 22.0. The summed E-state index contributed by atoms with van der Waals surface area (Å²) in [4.78, 5) is 73.2. The molecule has 0 bridgehead atoms. The van der Waals surface area contributed by atoms with E-state index in [2.05, 4.69) is 16.0 Å². The van der Waals surface area contributed by atoms with Gasteiger partial charge < -0.3 is 42.7 Å². The zero-order chi connectivity index (χ0) is 30.5. The summed E-state index contributed by atoms with van der Waals surface area (Å²) in [5.41, 5.74) is 12.5. The Bertz CT molecular complexity index is 1240. The van der Waals surface area contributed by atoms with Gasteiger partial charge in [-0.2, -0.15) is 0 Å². The molecule has 10 N–H and O–H groups in total. The number of carbonyl (C=O) groups is 6. The van der Waals surface area contributed by atoms with Gasteiger partial charge in [0, 0.05) is 12.8 Å². The number of rotatable bonds is 16. The van der Waals surface area contributed by atoms with Crippen LogP contribution in [0.4, 0.5) is 0 Å². The molecule has 220 valence electrons. The normalized spacial score (nSPS) is 13.6. The molecule has 0 aromatic heterocycles. The number of hydrogen-bond acceptors (Lipinski definition) is 8. The molecule has 2 rings (SSSR count). The van der Waals surface area contributed by atoms with Crippen molar-refractivity contribution >= 4 is 35.6 Å². The lowest BCUT2D eigenvalue weighted by Gasteiger charge is -2.25. The van der Waals surface area contributed by atoms with E-state index in [-0.39, 0.29) is 18.6 Å². The predicted molar refractivity (Wildman–Crippen MR) is 144 cm³/mol. The molecule has 2 aromatic carbocycles. The summed E-state index contributed by atoms with van der Waals surface area (Å²) in [6, 6.07) is 8.80. The highest BCUT2D eigenvalue weighted by atomic mass is 16.4. The number of phenolic OH excluding ortho intramolecular Hbond substituents is 1. The summed E-state index contributed by atoms with van der Waals surface area (Å²) >= 11 is 0. The summed E-state index contributed by atoms with van der Waals surface area (Å²) in [6.45, 7) is 0. The number of aromatic hydroxyl groups is 1. The SMILES string of the molecule is NC(=O)CC(NC(=O)C(N)Cc1ccc(O)cc1)C(=O)NC(Cc1ccccc1)C(=O)NC(CCC(=O)O)C(=O)O. The van der Waals surface area contributed by atoms with Gasteiger partial charge >= 0.3 is 11.9 Å². The molecule has 4 atom stereocenters. The van der Waals surface area contributed by atoms with E-state index in [9.17, 15) is 39.0 Å². The van der Waals surface area contributed by atoms with Crippen molar-refractivity contribution in [3.8, 4) is 5.75 Å². The van der Waals surface area contributed by atoms with E-state index in [1.807, 2.05) is 0 Å². The molecule has 2 aromatic rings. The van der Waals surface area contributed by atoms with Crippen LogP contribution in [0.5, 0.6) is 5.75 Å². The number of carboxylic acid groups (broad SMARTS) is 2. The van der Waals surface area contributed by atoms with Crippen molar-refractivity contribution in [3.63, 3.8) is 0 Å². The minimum atomic E-state index is -1.55. The van der Waals surface area contributed by atoms with Crippen molar-refractivity contribution in [2.24, 2.45) is 11.5 Å². The second-order valence-electron chi connectivity index (χ2n) is 9.29. The fraction of sp³-hybridized carbons (Fsp3) is 0.333. The smallest absolute Gasteiger partial charge is 0.326 e. The maximum atomic E-state index is 13.2. The van der Waals surface area contributed by atoms with E-state index < -0.39 is 79.0 Å². The van der Waals surface area contributed by atoms with Gasteiger partial charge in [0.2, 0.25) is 23.6 Å². The van der Waals surface area contributed by atoms with Gasteiger partial charge in [-0.15, -0.1) is 0 Å². The average Bonchev–Trinajstić information content (AvgIpc) is 2.91. The van der Waals surface area contributed by atoms with Crippen molar-refractivity contribution in [1.29, 1.82) is 0 Å². The van der Waals surface area contributed by atoms with Gasteiger partial charge in [-0.05, 0) is 36.1 Å². The van der Waals surface area contributed by atoms with Crippen molar-refractivity contribution in [2.75, 3.05) is 0 Å². The quantitative estimate of drug-likeness (QED) is 0.119. The first-order valence-corrected chi connectivity index (χ1v) is 12.6. The van der Waals surface area contributed by atoms with Crippen LogP contribution in [0.2, 0.25) is 0 Å². The molecule has 4 amide bonds. The molecule has 0 saturated heterocycles. The molecule has 0 aliphatic carbocycles. The van der Waals surface area contributed by atoms with Gasteiger partial charge in [0.25, 0.3) is 0 Å². The summed E-state index contributed by atoms with van der Waals surface area (Å²) in [7, 11) is 0. The van der Waals surface area contributed by atoms with Crippen molar-refractivity contribution in [2.45, 2.75) is 56.3 Å². The van der Waals surface area contributed by atoms with Gasteiger partial charge in [-0.1, -0.05) is 42.5 Å². The van der Waals surface area contributed by atoms with Crippen LogP contribution in [0.1, 0.15) is 30.4 Å². The van der Waals surface area contributed by atoms with E-state index in [1.54, 1.807) is 42.5 Å². The van der Waals surface area contributed by atoms with Crippen LogP contribution in [-0.4, -0.2) is 75.1 Å². The lowest BCUT2D eigenvalue weighted by Crippen LogP contribution is -2.58. The van der Waals surface area contributed by atoms with E-state index in [0.29, 0.717) is 11.1 Å². The third kappa shape index (κ3) is 11.3. The highest BCUT2D eigenvalue weighted by Crippen LogP contribution is 2.11. The zero-order valence-electron chi connectivity index (χ0n) is 22.0. The first-order chi connectivity index (χ1) is 19.3. The number of phenols is 1. The minimum Gasteiger partial charge on any atom is -0.508 e. The molecule has 0 aliphatic rings. The van der Waals surface area contributed by atoms with Gasteiger partial charge in [0.1, 0.15) is 23.9 Å². The molecule has 0 aliphatic heterocycles. The molecular weight excluding hydrogens is 538 g/mol. The number of nitrogens with one attached hydrogen (secondary N) is 3. The highest BCUT2D eigenvalue weighted by molar-refractivity contribution is 5.96. The van der Waals surface area contributed by atoms with Crippen LogP contribution in [0.15, 0.2) is 54.6 Å². The summed E-state index contributed by atoms with van der Waals surface area (Å²) in [6.07, 6.45) is -1.60. The van der Waals surface area contributed by atoms with Crippen LogP contribution in [0.25, 0.3) is 0 Å². The molecule has 14 nitrogen and oxygen atoms in total. The number of amides is 4. The summed E-state index contributed by atoms with van der Waals surface area (Å²) in [5.74, 6) is -6.30. The van der Waals surface area contributed by atoms with Gasteiger partial charge in [-0.25, -0.2) is 4.79 Å². The lowest BCUT2D eigenvalue weighted by molar-refractivity contribution is -0.143. The number of benzene rings is 2. The monoisotopic (exact) mass is 571 g/mol. The van der Waals surface area contributed by atoms with Gasteiger partial charge in [0.15, 0.2) is 0 Å². The first kappa shape index (κ1) is 32.2. The Kier molecular flexibility index (Phi) is 12.2. The standard InChI is InChI=1S/C27H33N5O9/c28-18(12-16-6-8-17(33)9-7-16)24(37)31-21(14-22(29)34)26(39)32-20(13-15-4-2-1-3-5-15)25(38)30-19(27(40)41)10-11-23(35)36/h1-9,18-21,33H,10-14,28H2,(H2,29,34)(H,30,38)(H,31,37)(H,32,39)(H,35,36)(H,40,41). The largest absolute Gasteiger partial charge is 0.508 e. The fourth-order valence-electron chi connectivity index (χ4n) is 3.80. The van der Waals surface area contributed by atoms with Crippen molar-refractivity contribution < 1.29 is 44.1 Å². The lowest BCUT2D eigenvalue weighted by atomic mass is 10.0. The minimum absolute atomic E-state index is 0.0237. The molecule has 0 spiro atoms. The fourth-order valence-corrected chi connectivity index (χ4v) is 3.80. The highest BCUT2D eigenvalue weighted by Gasteiger charge is 2.31. The third-order valence-corrected chi connectivity index (χ3v) is 5.94. The Morgan fingerprint density at radius 3 is 1.80 bits per heavy atom. The Balaban J connectivity index is 2.20. The number of carbonyl (C=O) groups excluding carboxylic acids is 4. The Labute approximate surface area is 235 Å². The summed E-state index contributed by atoms with van der Waals surface area (Å²) in [5, 5.41) is 34.8. The molecule has 14 heteroatoms. The molecule has 0 radical (unpaired) electrons. The molecule has 41 heavy (non-hydrogen) atoms. The Hall–Kier alpha value is -4.98. The molecule has 0 saturated carbocycles. The van der Waals surface area contributed by atoms with E-state index >= 15 is 0 Å². The summed E-state index contributed by atoms with van der Waals surface area (Å²) < 4.78 is 0. The third-order valence-electron chi connectivity index (χ3n) is 5.94. The number of aliphatic carboxylic acids is 2. The Morgan fingerprint density at radius 1 is 0.707 bits per heavy atom. The average molecular weight is 572 g/mol. The maximum absolute atomic E-state index is 13.2. The van der Waals surface area contributed by atoms with Gasteiger partial charge in [0.05, 0.1) is 12.5 Å². The van der Waals surface area contributed by atoms with E-state index in [1.165, 1.54) is 12.1 Å². The number of carboxylic acids is 2. The maximum Gasteiger partial charge on any atom is 0.326 e. The van der Waals surface area contributed by atoms with Crippen LogP contribution in [0.3, 0.4) is 0 Å². The van der Waals surface area contributed by atoms with Crippen molar-refractivity contribution in [3.05, 3.63) is 65.7 Å². The second kappa shape index (κ2) is 15.6. The van der Waals surface area contributed by atoms with E-state index in [4.69, 9.17) is 16.6 Å². The van der Waals surface area contributed by atoms with Crippen LogP contribution in [0, 0.1) is 0 Å². The van der Waals surface area contributed by atoms with Crippen LogP contribution in [-0.2, 0) is 41.6 Å². The number of nitrogens with two attached hydrogens (primary N) is 2. The molecule has 4 unspecified atom stereocenters. The number of hydrogen-bond donors (Lipinski definition) is 8. The predicted octanol–water partition coefficient (Wildman–Crippen LogP) is -1.22. The first-order valence-electron chi connectivity index (χ1n) is 12.6. The van der Waals surface area contributed by atoms with Crippen molar-refractivity contribution in [1.82, 2.24) is 16.0 Å². The molecular formula is C27H33N5O9. The topological polar surface area (TPSA) is 251 Å². The van der Waals surface area contributed by atoms with Crippen LogP contribution < -0.4 is 27.4 Å². The molecule has 0 heterocycles. The van der Waals surface area contributed by atoms with E-state index in [0.717, 1.165) is 0 Å². The van der Waals surface area contributed by atoms with Gasteiger partial charge in [-0.3, -0.25) is 24.0 Å².